The van der Waals surface area contributed by atoms with E-state index < -0.39 is 11.8 Å². The van der Waals surface area contributed by atoms with E-state index in [1.165, 1.54) is 6.08 Å². The van der Waals surface area contributed by atoms with Crippen LogP contribution < -0.4 is 0 Å². The summed E-state index contributed by atoms with van der Waals surface area (Å²) in [7, 11) is 1.73. The van der Waals surface area contributed by atoms with Crippen LogP contribution in [-0.2, 0) is 0 Å². The molecule has 5 heteroatoms. The van der Waals surface area contributed by atoms with Gasteiger partial charge in [-0.05, 0) is 32.0 Å². The number of likely N-dealkylation sites (N-methyl/N-ethyl adjacent to an activating group) is 1. The zero-order valence-electron chi connectivity index (χ0n) is 7.38. The number of rotatable bonds is 1. The van der Waals surface area contributed by atoms with Crippen LogP contribution in [0.25, 0.3) is 0 Å². The Hall–Kier alpha value is -0.940. The molecule has 0 amide bonds. The highest BCUT2D eigenvalue weighted by molar-refractivity contribution is 5.16. The van der Waals surface area contributed by atoms with Gasteiger partial charge < -0.3 is 5.11 Å². The van der Waals surface area contributed by atoms with Crippen LogP contribution >= 0.6 is 0 Å². The van der Waals surface area contributed by atoms with Crippen LogP contribution in [0.4, 0.5) is 0 Å². The first-order chi connectivity index (χ1) is 6.04. The van der Waals surface area contributed by atoms with Gasteiger partial charge in [0.05, 0.1) is 6.04 Å². The SMILES string of the molecule is CN1[C@H]2CC[C@]1(O)C=CC2[N+](=O)[O-]. The molecule has 1 saturated heterocycles. The lowest BCUT2D eigenvalue weighted by molar-refractivity contribution is -0.518. The molecule has 2 heterocycles. The molecule has 0 spiro atoms. The third kappa shape index (κ3) is 1.08. The van der Waals surface area contributed by atoms with Crippen LogP contribution in [0.15, 0.2) is 12.2 Å². The summed E-state index contributed by atoms with van der Waals surface area (Å²) in [4.78, 5) is 12.0. The molecule has 0 radical (unpaired) electrons. The Labute approximate surface area is 75.8 Å². The zero-order chi connectivity index (χ0) is 9.64. The van der Waals surface area contributed by atoms with Gasteiger partial charge in [0.1, 0.15) is 5.72 Å². The lowest BCUT2D eigenvalue weighted by Gasteiger charge is -2.34. The van der Waals surface area contributed by atoms with Gasteiger partial charge in [-0.25, -0.2) is 0 Å². The number of aliphatic hydroxyl groups is 1. The highest BCUT2D eigenvalue weighted by Gasteiger charge is 2.50. The van der Waals surface area contributed by atoms with Crippen molar-refractivity contribution in [3.8, 4) is 0 Å². The average molecular weight is 184 g/mol. The van der Waals surface area contributed by atoms with Crippen LogP contribution in [0.3, 0.4) is 0 Å². The Balaban J connectivity index is 2.32. The lowest BCUT2D eigenvalue weighted by atomic mass is 10.0. The minimum absolute atomic E-state index is 0.148. The van der Waals surface area contributed by atoms with Crippen molar-refractivity contribution < 1.29 is 10.0 Å². The van der Waals surface area contributed by atoms with E-state index in [0.29, 0.717) is 12.8 Å². The van der Waals surface area contributed by atoms with Crippen LogP contribution in [0.5, 0.6) is 0 Å². The molecule has 0 aromatic carbocycles. The molecule has 72 valence electrons. The quantitative estimate of drug-likeness (QED) is 0.353. The van der Waals surface area contributed by atoms with E-state index in [1.807, 2.05) is 0 Å². The Bertz CT molecular complexity index is 279. The predicted molar refractivity (Wildman–Crippen MR) is 45.7 cm³/mol. The van der Waals surface area contributed by atoms with Gasteiger partial charge in [0.25, 0.3) is 0 Å². The van der Waals surface area contributed by atoms with Gasteiger partial charge in [0, 0.05) is 4.92 Å². The van der Waals surface area contributed by atoms with Crippen molar-refractivity contribution in [1.82, 2.24) is 4.90 Å². The summed E-state index contributed by atoms with van der Waals surface area (Å²) in [5, 5.41) is 20.5. The Morgan fingerprint density at radius 2 is 2.46 bits per heavy atom. The highest BCUT2D eigenvalue weighted by Crippen LogP contribution is 2.37. The molecule has 2 aliphatic heterocycles. The van der Waals surface area contributed by atoms with Crippen molar-refractivity contribution in [3.05, 3.63) is 22.3 Å². The maximum atomic E-state index is 10.6. The maximum Gasteiger partial charge on any atom is 0.246 e. The molecule has 5 nitrogen and oxygen atoms in total. The molecule has 2 rings (SSSR count). The molecule has 1 fully saturated rings. The fourth-order valence-electron chi connectivity index (χ4n) is 2.21. The average Bonchev–Trinajstić information content (AvgIpc) is 2.30. The molecule has 1 N–H and O–H groups in total. The fraction of sp³-hybridized carbons (Fsp3) is 0.750. The first kappa shape index (κ1) is 8.65. The molecule has 2 aliphatic rings. The number of hydrogen-bond acceptors (Lipinski definition) is 4. The summed E-state index contributed by atoms with van der Waals surface area (Å²) < 4.78 is 0. The van der Waals surface area contributed by atoms with Gasteiger partial charge >= 0.3 is 0 Å². The molecular weight excluding hydrogens is 172 g/mol. The van der Waals surface area contributed by atoms with Crippen molar-refractivity contribution in [2.45, 2.75) is 30.7 Å². The van der Waals surface area contributed by atoms with Crippen molar-refractivity contribution in [2.24, 2.45) is 0 Å². The van der Waals surface area contributed by atoms with E-state index in [4.69, 9.17) is 0 Å². The van der Waals surface area contributed by atoms with Crippen molar-refractivity contribution in [3.63, 3.8) is 0 Å². The summed E-state index contributed by atoms with van der Waals surface area (Å²) >= 11 is 0. The Morgan fingerprint density at radius 3 is 3.08 bits per heavy atom. The number of hydrogen-bond donors (Lipinski definition) is 1. The van der Waals surface area contributed by atoms with Gasteiger partial charge in [0.2, 0.25) is 6.04 Å². The van der Waals surface area contributed by atoms with Gasteiger partial charge in [-0.15, -0.1) is 0 Å². The van der Waals surface area contributed by atoms with E-state index in [2.05, 4.69) is 0 Å². The van der Waals surface area contributed by atoms with Gasteiger partial charge in [0.15, 0.2) is 0 Å². The molecule has 1 unspecified atom stereocenters. The smallest absolute Gasteiger partial charge is 0.246 e. The fourth-order valence-corrected chi connectivity index (χ4v) is 2.21. The summed E-state index contributed by atoms with van der Waals surface area (Å²) in [6, 6.07) is -0.808. The number of fused-ring (bicyclic) bond motifs is 2. The molecule has 0 saturated carbocycles. The molecule has 3 atom stereocenters. The topological polar surface area (TPSA) is 66.6 Å². The number of nitrogens with zero attached hydrogens (tertiary/aromatic N) is 2. The minimum Gasteiger partial charge on any atom is -0.372 e. The standard InChI is InChI=1S/C8H12N2O3/c1-9-6-2-4-8(9,11)5-3-7(6)10(12)13/h3,5-7,11H,2,4H2,1H3/t6-,7?,8-/m0/s1. The third-order valence-corrected chi connectivity index (χ3v) is 3.11. The Kier molecular flexibility index (Phi) is 1.68. The monoisotopic (exact) mass is 184 g/mol. The predicted octanol–water partition coefficient (Wildman–Crippen LogP) is -0.0157. The molecule has 13 heavy (non-hydrogen) atoms. The van der Waals surface area contributed by atoms with E-state index in [9.17, 15) is 15.2 Å². The summed E-state index contributed by atoms with van der Waals surface area (Å²) in [5.74, 6) is 0. The first-order valence-electron chi connectivity index (χ1n) is 4.33. The molecular formula is C8H12N2O3. The van der Waals surface area contributed by atoms with E-state index >= 15 is 0 Å². The van der Waals surface area contributed by atoms with E-state index in [0.717, 1.165) is 0 Å². The molecule has 0 aromatic rings. The second-order valence-electron chi connectivity index (χ2n) is 3.73. The zero-order valence-corrected chi connectivity index (χ0v) is 7.38. The summed E-state index contributed by atoms with van der Waals surface area (Å²) in [6.45, 7) is 0. The summed E-state index contributed by atoms with van der Waals surface area (Å²) in [5.41, 5.74) is -0.933. The van der Waals surface area contributed by atoms with E-state index in [-0.39, 0.29) is 11.0 Å². The molecule has 0 aromatic heterocycles. The largest absolute Gasteiger partial charge is 0.372 e. The van der Waals surface area contributed by atoms with Crippen LogP contribution in [-0.4, -0.2) is 39.8 Å². The van der Waals surface area contributed by atoms with Crippen molar-refractivity contribution >= 4 is 0 Å². The van der Waals surface area contributed by atoms with Gasteiger partial charge in [-0.2, -0.15) is 0 Å². The lowest BCUT2D eigenvalue weighted by Crippen LogP contribution is -2.52. The first-order valence-corrected chi connectivity index (χ1v) is 4.33. The minimum atomic E-state index is -0.933. The van der Waals surface area contributed by atoms with Crippen LogP contribution in [0, 0.1) is 10.1 Å². The second kappa shape index (κ2) is 2.52. The molecule has 2 bridgehead atoms. The molecule has 0 aliphatic carbocycles. The van der Waals surface area contributed by atoms with Crippen molar-refractivity contribution in [2.75, 3.05) is 7.05 Å². The maximum absolute atomic E-state index is 10.6. The highest BCUT2D eigenvalue weighted by atomic mass is 16.6. The second-order valence-corrected chi connectivity index (χ2v) is 3.73. The third-order valence-electron chi connectivity index (χ3n) is 3.11. The van der Waals surface area contributed by atoms with Crippen LogP contribution in [0.1, 0.15) is 12.8 Å². The normalized spacial score (nSPS) is 43.8. The van der Waals surface area contributed by atoms with Gasteiger partial charge in [-0.3, -0.25) is 15.0 Å². The Morgan fingerprint density at radius 1 is 1.77 bits per heavy atom. The van der Waals surface area contributed by atoms with Gasteiger partial charge in [-0.1, -0.05) is 0 Å². The van der Waals surface area contributed by atoms with Crippen molar-refractivity contribution in [1.29, 1.82) is 0 Å². The van der Waals surface area contributed by atoms with Crippen LogP contribution in [0.2, 0.25) is 0 Å². The summed E-state index contributed by atoms with van der Waals surface area (Å²) in [6.07, 6.45) is 4.34. The van der Waals surface area contributed by atoms with E-state index in [1.54, 1.807) is 18.0 Å². The number of nitro groups is 1.